The quantitative estimate of drug-likeness (QED) is 0.366. The number of imidazole rings is 1. The highest BCUT2D eigenvalue weighted by Gasteiger charge is 2.26. The van der Waals surface area contributed by atoms with Gasteiger partial charge >= 0.3 is 5.69 Å². The number of nitrogens with one attached hydrogen (secondary N) is 1. The second-order valence-electron chi connectivity index (χ2n) is 8.17. The van der Waals surface area contributed by atoms with Gasteiger partial charge in [-0.15, -0.1) is 0 Å². The van der Waals surface area contributed by atoms with Crippen LogP contribution in [0.2, 0.25) is 0 Å². The summed E-state index contributed by atoms with van der Waals surface area (Å²) in [5, 5.41) is 2.89. The second-order valence-corrected chi connectivity index (χ2v) is 8.17. The third kappa shape index (κ3) is 5.25. The maximum Gasteiger partial charge on any atom is 0.328 e. The fourth-order valence-corrected chi connectivity index (χ4v) is 3.95. The highest BCUT2D eigenvalue weighted by atomic mass is 16.5. The number of benzene rings is 3. The fraction of sp³-hybridized carbons (Fsp3) is 0.179. The zero-order valence-electron chi connectivity index (χ0n) is 21.3. The van der Waals surface area contributed by atoms with E-state index in [9.17, 15) is 9.59 Å². The Morgan fingerprint density at radius 3 is 1.73 bits per heavy atom. The Hall–Kier alpha value is -4.79. The van der Waals surface area contributed by atoms with Crippen molar-refractivity contribution in [2.45, 2.75) is 0 Å². The maximum absolute atomic E-state index is 13.7. The van der Waals surface area contributed by atoms with Crippen molar-refractivity contribution < 1.29 is 19.0 Å². The molecular formula is C28H28N4O5. The van der Waals surface area contributed by atoms with E-state index in [0.717, 1.165) is 5.56 Å². The Morgan fingerprint density at radius 1 is 0.730 bits per heavy atom. The van der Waals surface area contributed by atoms with Crippen molar-refractivity contribution in [2.24, 2.45) is 19.1 Å². The molecule has 0 saturated carbocycles. The molecule has 0 fully saturated rings. The Morgan fingerprint density at radius 2 is 1.22 bits per heavy atom. The zero-order chi connectivity index (χ0) is 26.5. The maximum atomic E-state index is 13.7. The van der Waals surface area contributed by atoms with Crippen LogP contribution in [0.15, 0.2) is 82.6 Å². The molecule has 0 unspecified atom stereocenters. The normalized spacial score (nSPS) is 11.2. The molecule has 4 rings (SSSR count). The molecule has 1 N–H and O–H groups in total. The SMILES string of the molecule is COc1ccc(N=C(C(=O)Nc2ccc(OC)cc2)c2c(-c3ccc(OC)cc3)n(C)c(=O)n2C)cc1. The van der Waals surface area contributed by atoms with Crippen LogP contribution in [-0.2, 0) is 18.9 Å². The van der Waals surface area contributed by atoms with Gasteiger partial charge in [-0.05, 0) is 72.8 Å². The van der Waals surface area contributed by atoms with E-state index in [4.69, 9.17) is 19.2 Å². The molecular weight excluding hydrogens is 472 g/mol. The van der Waals surface area contributed by atoms with Crippen LogP contribution in [0, 0.1) is 0 Å². The van der Waals surface area contributed by atoms with Gasteiger partial charge < -0.3 is 19.5 Å². The summed E-state index contributed by atoms with van der Waals surface area (Å²) < 4.78 is 18.7. The van der Waals surface area contributed by atoms with E-state index in [1.165, 1.54) is 9.13 Å². The first-order valence-corrected chi connectivity index (χ1v) is 11.4. The number of carbonyl (C=O) groups is 1. The molecule has 0 radical (unpaired) electrons. The summed E-state index contributed by atoms with van der Waals surface area (Å²) in [5.41, 5.74) is 2.52. The number of methoxy groups -OCH3 is 3. The number of amides is 1. The Bertz CT molecular complexity index is 1480. The summed E-state index contributed by atoms with van der Waals surface area (Å²) in [6.07, 6.45) is 0. The number of ether oxygens (including phenoxy) is 3. The predicted octanol–water partition coefficient (Wildman–Crippen LogP) is 4.18. The van der Waals surface area contributed by atoms with E-state index >= 15 is 0 Å². The molecule has 1 aromatic heterocycles. The average Bonchev–Trinajstić information content (AvgIpc) is 3.16. The van der Waals surface area contributed by atoms with E-state index in [1.807, 2.05) is 12.1 Å². The predicted molar refractivity (Wildman–Crippen MR) is 143 cm³/mol. The van der Waals surface area contributed by atoms with Crippen LogP contribution in [0.4, 0.5) is 11.4 Å². The van der Waals surface area contributed by atoms with E-state index < -0.39 is 5.91 Å². The summed E-state index contributed by atoms with van der Waals surface area (Å²) >= 11 is 0. The molecule has 9 nitrogen and oxygen atoms in total. The molecule has 0 aliphatic carbocycles. The van der Waals surface area contributed by atoms with Crippen molar-refractivity contribution in [3.8, 4) is 28.5 Å². The first-order valence-electron chi connectivity index (χ1n) is 11.4. The lowest BCUT2D eigenvalue weighted by Crippen LogP contribution is -2.28. The monoisotopic (exact) mass is 500 g/mol. The molecule has 0 saturated heterocycles. The molecule has 0 atom stereocenters. The van der Waals surface area contributed by atoms with Gasteiger partial charge in [-0.3, -0.25) is 13.9 Å². The summed E-state index contributed by atoms with van der Waals surface area (Å²) in [6, 6.07) is 21.2. The summed E-state index contributed by atoms with van der Waals surface area (Å²) in [5.74, 6) is 1.53. The van der Waals surface area contributed by atoms with E-state index in [1.54, 1.807) is 96.1 Å². The van der Waals surface area contributed by atoms with Crippen molar-refractivity contribution in [3.05, 3.63) is 89.0 Å². The number of hydrogen-bond acceptors (Lipinski definition) is 6. The van der Waals surface area contributed by atoms with Crippen LogP contribution in [0.1, 0.15) is 5.69 Å². The molecule has 0 bridgehead atoms. The lowest BCUT2D eigenvalue weighted by atomic mass is 10.1. The van der Waals surface area contributed by atoms with Crippen LogP contribution in [0.25, 0.3) is 11.3 Å². The third-order valence-electron chi connectivity index (χ3n) is 5.93. The van der Waals surface area contributed by atoms with Gasteiger partial charge in [-0.1, -0.05) is 0 Å². The van der Waals surface area contributed by atoms with Crippen LogP contribution in [0.5, 0.6) is 17.2 Å². The minimum absolute atomic E-state index is 0.0759. The van der Waals surface area contributed by atoms with E-state index in [0.29, 0.717) is 40.0 Å². The largest absolute Gasteiger partial charge is 0.497 e. The minimum Gasteiger partial charge on any atom is -0.497 e. The molecule has 0 aliphatic heterocycles. The number of aromatic nitrogens is 2. The summed E-state index contributed by atoms with van der Waals surface area (Å²) in [4.78, 5) is 31.5. The van der Waals surface area contributed by atoms with Gasteiger partial charge in [0.25, 0.3) is 5.91 Å². The van der Waals surface area contributed by atoms with Crippen LogP contribution in [-0.4, -0.2) is 42.1 Å². The summed E-state index contributed by atoms with van der Waals surface area (Å²) in [6.45, 7) is 0. The van der Waals surface area contributed by atoms with Crippen LogP contribution in [0.3, 0.4) is 0 Å². The van der Waals surface area contributed by atoms with Crippen LogP contribution >= 0.6 is 0 Å². The highest BCUT2D eigenvalue weighted by Crippen LogP contribution is 2.28. The number of nitrogens with zero attached hydrogens (tertiary/aromatic N) is 3. The lowest BCUT2D eigenvalue weighted by Gasteiger charge is -2.13. The smallest absolute Gasteiger partial charge is 0.328 e. The van der Waals surface area contributed by atoms with Gasteiger partial charge in [-0.2, -0.15) is 0 Å². The number of aliphatic imine (C=N–C) groups is 1. The Labute approximate surface area is 214 Å². The molecule has 9 heteroatoms. The molecule has 37 heavy (non-hydrogen) atoms. The van der Waals surface area contributed by atoms with Gasteiger partial charge in [0, 0.05) is 25.3 Å². The molecule has 3 aromatic carbocycles. The van der Waals surface area contributed by atoms with Crippen molar-refractivity contribution in [2.75, 3.05) is 26.6 Å². The van der Waals surface area contributed by atoms with Crippen LogP contribution < -0.4 is 25.2 Å². The van der Waals surface area contributed by atoms with Gasteiger partial charge in [-0.25, -0.2) is 9.79 Å². The fourth-order valence-electron chi connectivity index (χ4n) is 3.95. The number of hydrogen-bond donors (Lipinski definition) is 1. The molecule has 190 valence electrons. The molecule has 4 aromatic rings. The Kier molecular flexibility index (Phi) is 7.43. The average molecular weight is 501 g/mol. The first-order chi connectivity index (χ1) is 17.9. The van der Waals surface area contributed by atoms with Gasteiger partial charge in [0.05, 0.1) is 32.7 Å². The minimum atomic E-state index is -0.475. The van der Waals surface area contributed by atoms with Crippen molar-refractivity contribution in [1.29, 1.82) is 0 Å². The van der Waals surface area contributed by atoms with Crippen molar-refractivity contribution in [3.63, 3.8) is 0 Å². The number of carbonyl (C=O) groups excluding carboxylic acids is 1. The molecule has 0 aliphatic rings. The topological polar surface area (TPSA) is 96.1 Å². The van der Waals surface area contributed by atoms with Gasteiger partial charge in [0.2, 0.25) is 0 Å². The molecule has 1 heterocycles. The van der Waals surface area contributed by atoms with Gasteiger partial charge in [0.1, 0.15) is 22.9 Å². The van der Waals surface area contributed by atoms with E-state index in [2.05, 4.69) is 5.32 Å². The van der Waals surface area contributed by atoms with Crippen molar-refractivity contribution >= 4 is 23.0 Å². The lowest BCUT2D eigenvalue weighted by molar-refractivity contribution is -0.110. The number of anilines is 1. The van der Waals surface area contributed by atoms with Gasteiger partial charge in [0.15, 0.2) is 5.71 Å². The number of rotatable bonds is 8. The third-order valence-corrected chi connectivity index (χ3v) is 5.93. The molecule has 0 spiro atoms. The molecule has 1 amide bonds. The zero-order valence-corrected chi connectivity index (χ0v) is 21.3. The first kappa shape index (κ1) is 25.3. The summed E-state index contributed by atoms with van der Waals surface area (Å²) in [7, 11) is 8.02. The second kappa shape index (κ2) is 10.9. The van der Waals surface area contributed by atoms with Crippen molar-refractivity contribution in [1.82, 2.24) is 9.13 Å². The Balaban J connectivity index is 1.88. The standard InChI is InChI=1S/C28H28N4O5/c1-31-25(18-6-12-21(35-3)13-7-18)26(32(2)28(31)34)24(29-19-8-14-22(36-4)15-9-19)27(33)30-20-10-16-23(37-5)17-11-20/h6-17H,1-5H3,(H,30,33). The van der Waals surface area contributed by atoms with E-state index in [-0.39, 0.29) is 11.4 Å². The highest BCUT2D eigenvalue weighted by molar-refractivity contribution is 6.49.